The summed E-state index contributed by atoms with van der Waals surface area (Å²) in [5, 5.41) is 5.49. The van der Waals surface area contributed by atoms with Crippen molar-refractivity contribution >= 4 is 10.9 Å². The first kappa shape index (κ1) is 13.6. The van der Waals surface area contributed by atoms with E-state index in [1.54, 1.807) is 22.9 Å². The zero-order chi connectivity index (χ0) is 14.8. The van der Waals surface area contributed by atoms with Crippen LogP contribution in [0.2, 0.25) is 0 Å². The lowest BCUT2D eigenvalue weighted by molar-refractivity contribution is 0.383. The highest BCUT2D eigenvalue weighted by molar-refractivity contribution is 5.82. The van der Waals surface area contributed by atoms with Crippen LogP contribution in [0, 0.1) is 5.82 Å². The number of aromatic nitrogens is 2. The standard InChI is InChI=1S/C16H16FN3O/c1-21-15-8-4-5-11(16(15)17)10-20-14-7-3-2-6-12(14)13(9-18)19-20/h2-8H,9-10,18H2,1H3. The van der Waals surface area contributed by atoms with Crippen LogP contribution < -0.4 is 10.5 Å². The lowest BCUT2D eigenvalue weighted by Crippen LogP contribution is -2.06. The van der Waals surface area contributed by atoms with Crippen LogP contribution in [0.5, 0.6) is 5.75 Å². The molecule has 0 aliphatic rings. The summed E-state index contributed by atoms with van der Waals surface area (Å²) in [6.07, 6.45) is 0. The third-order valence-corrected chi connectivity index (χ3v) is 3.51. The quantitative estimate of drug-likeness (QED) is 0.802. The Balaban J connectivity index is 2.06. The zero-order valence-corrected chi connectivity index (χ0v) is 11.7. The van der Waals surface area contributed by atoms with Crippen LogP contribution in [-0.2, 0) is 13.1 Å². The van der Waals surface area contributed by atoms with E-state index in [1.807, 2.05) is 24.3 Å². The van der Waals surface area contributed by atoms with E-state index in [-0.39, 0.29) is 11.6 Å². The molecular weight excluding hydrogens is 269 g/mol. The Morgan fingerprint density at radius 3 is 2.76 bits per heavy atom. The second-order valence-corrected chi connectivity index (χ2v) is 4.76. The summed E-state index contributed by atoms with van der Waals surface area (Å²) < 4.78 is 21.0. The lowest BCUT2D eigenvalue weighted by atomic mass is 10.2. The molecule has 0 bridgehead atoms. The van der Waals surface area contributed by atoms with Gasteiger partial charge in [0.1, 0.15) is 0 Å². The van der Waals surface area contributed by atoms with E-state index in [2.05, 4.69) is 5.10 Å². The maximum atomic E-state index is 14.3. The van der Waals surface area contributed by atoms with E-state index < -0.39 is 0 Å². The van der Waals surface area contributed by atoms with E-state index in [4.69, 9.17) is 10.5 Å². The summed E-state index contributed by atoms with van der Waals surface area (Å²) in [7, 11) is 1.46. The van der Waals surface area contributed by atoms with E-state index in [0.29, 0.717) is 18.7 Å². The third-order valence-electron chi connectivity index (χ3n) is 3.51. The molecular formula is C16H16FN3O. The molecule has 0 spiro atoms. The Kier molecular flexibility index (Phi) is 3.58. The van der Waals surface area contributed by atoms with Gasteiger partial charge in [0.2, 0.25) is 0 Å². The maximum absolute atomic E-state index is 14.3. The van der Waals surface area contributed by atoms with Crippen molar-refractivity contribution in [1.82, 2.24) is 9.78 Å². The Hall–Kier alpha value is -2.40. The van der Waals surface area contributed by atoms with Crippen molar-refractivity contribution in [1.29, 1.82) is 0 Å². The number of para-hydroxylation sites is 1. The van der Waals surface area contributed by atoms with Crippen molar-refractivity contribution in [3.05, 3.63) is 59.5 Å². The van der Waals surface area contributed by atoms with Crippen LogP contribution in [0.15, 0.2) is 42.5 Å². The van der Waals surface area contributed by atoms with Crippen molar-refractivity contribution in [2.45, 2.75) is 13.1 Å². The van der Waals surface area contributed by atoms with Crippen molar-refractivity contribution in [3.8, 4) is 5.75 Å². The number of rotatable bonds is 4. The number of hydrogen-bond donors (Lipinski definition) is 1. The first-order valence-electron chi connectivity index (χ1n) is 6.70. The number of ether oxygens (including phenoxy) is 1. The molecule has 2 aromatic carbocycles. The fourth-order valence-corrected chi connectivity index (χ4v) is 2.46. The average molecular weight is 285 g/mol. The number of halogens is 1. The molecule has 0 fully saturated rings. The molecule has 0 unspecified atom stereocenters. The molecule has 0 radical (unpaired) electrons. The molecule has 0 saturated carbocycles. The molecule has 3 aromatic rings. The van der Waals surface area contributed by atoms with Gasteiger partial charge in [0.05, 0.1) is 24.9 Å². The van der Waals surface area contributed by atoms with Gasteiger partial charge in [-0.3, -0.25) is 4.68 Å². The van der Waals surface area contributed by atoms with Gasteiger partial charge in [-0.15, -0.1) is 0 Å². The summed E-state index contributed by atoms with van der Waals surface area (Å²) in [4.78, 5) is 0. The molecule has 0 amide bonds. The number of nitrogens with zero attached hydrogens (tertiary/aromatic N) is 2. The molecule has 0 aliphatic carbocycles. The second kappa shape index (κ2) is 5.54. The molecule has 0 atom stereocenters. The highest BCUT2D eigenvalue weighted by atomic mass is 19.1. The third kappa shape index (κ3) is 2.36. The van der Waals surface area contributed by atoms with Crippen LogP contribution in [-0.4, -0.2) is 16.9 Å². The average Bonchev–Trinajstić information content (AvgIpc) is 2.87. The smallest absolute Gasteiger partial charge is 0.170 e. The van der Waals surface area contributed by atoms with Gasteiger partial charge in [0.15, 0.2) is 11.6 Å². The molecule has 0 saturated heterocycles. The minimum Gasteiger partial charge on any atom is -0.494 e. The Morgan fingerprint density at radius 1 is 1.19 bits per heavy atom. The van der Waals surface area contributed by atoms with Gasteiger partial charge in [0, 0.05) is 17.5 Å². The van der Waals surface area contributed by atoms with Gasteiger partial charge in [-0.05, 0) is 12.1 Å². The van der Waals surface area contributed by atoms with Crippen LogP contribution in [0.4, 0.5) is 4.39 Å². The van der Waals surface area contributed by atoms with E-state index in [9.17, 15) is 4.39 Å². The monoisotopic (exact) mass is 285 g/mol. The Morgan fingerprint density at radius 2 is 2.00 bits per heavy atom. The first-order chi connectivity index (χ1) is 10.2. The van der Waals surface area contributed by atoms with Crippen molar-refractivity contribution in [3.63, 3.8) is 0 Å². The summed E-state index contributed by atoms with van der Waals surface area (Å²) in [6, 6.07) is 12.9. The SMILES string of the molecule is COc1cccc(Cn2nc(CN)c3ccccc32)c1F. The summed E-state index contributed by atoms with van der Waals surface area (Å²) in [6.45, 7) is 0.692. The second-order valence-electron chi connectivity index (χ2n) is 4.76. The topological polar surface area (TPSA) is 53.1 Å². The molecule has 3 rings (SSSR count). The van der Waals surface area contributed by atoms with E-state index in [1.165, 1.54) is 7.11 Å². The maximum Gasteiger partial charge on any atom is 0.170 e. The van der Waals surface area contributed by atoms with Gasteiger partial charge in [0.25, 0.3) is 0 Å². The molecule has 2 N–H and O–H groups in total. The summed E-state index contributed by atoms with van der Waals surface area (Å²) in [5.74, 6) is -0.114. The van der Waals surface area contributed by atoms with Crippen molar-refractivity contribution < 1.29 is 9.13 Å². The van der Waals surface area contributed by atoms with Crippen molar-refractivity contribution in [2.24, 2.45) is 5.73 Å². The number of benzene rings is 2. The Labute approximate surface area is 121 Å². The normalized spacial score (nSPS) is 11.0. The molecule has 5 heteroatoms. The van der Waals surface area contributed by atoms with Gasteiger partial charge < -0.3 is 10.5 Å². The summed E-state index contributed by atoms with van der Waals surface area (Å²) >= 11 is 0. The van der Waals surface area contributed by atoms with Crippen LogP contribution in [0.1, 0.15) is 11.3 Å². The van der Waals surface area contributed by atoms with Gasteiger partial charge >= 0.3 is 0 Å². The van der Waals surface area contributed by atoms with E-state index >= 15 is 0 Å². The van der Waals surface area contributed by atoms with E-state index in [0.717, 1.165) is 16.6 Å². The number of methoxy groups -OCH3 is 1. The molecule has 0 aliphatic heterocycles. The fraction of sp³-hybridized carbons (Fsp3) is 0.188. The largest absolute Gasteiger partial charge is 0.494 e. The zero-order valence-electron chi connectivity index (χ0n) is 11.7. The van der Waals surface area contributed by atoms with Crippen LogP contribution in [0.25, 0.3) is 10.9 Å². The Bertz CT molecular complexity index is 782. The van der Waals surface area contributed by atoms with Crippen LogP contribution >= 0.6 is 0 Å². The molecule has 108 valence electrons. The number of fused-ring (bicyclic) bond motifs is 1. The highest BCUT2D eigenvalue weighted by Gasteiger charge is 2.13. The summed E-state index contributed by atoms with van der Waals surface area (Å²) in [5.41, 5.74) is 8.02. The molecule has 21 heavy (non-hydrogen) atoms. The number of hydrogen-bond acceptors (Lipinski definition) is 3. The predicted octanol–water partition coefficient (Wildman–Crippen LogP) is 2.69. The molecule has 1 aromatic heterocycles. The molecule has 1 heterocycles. The first-order valence-corrected chi connectivity index (χ1v) is 6.70. The predicted molar refractivity (Wildman–Crippen MR) is 79.7 cm³/mol. The minimum atomic E-state index is -0.353. The minimum absolute atomic E-state index is 0.239. The van der Waals surface area contributed by atoms with Crippen molar-refractivity contribution in [2.75, 3.05) is 7.11 Å². The van der Waals surface area contributed by atoms with Crippen LogP contribution in [0.3, 0.4) is 0 Å². The molecule has 4 nitrogen and oxygen atoms in total. The lowest BCUT2D eigenvalue weighted by Gasteiger charge is -2.08. The fourth-order valence-electron chi connectivity index (χ4n) is 2.46. The van der Waals surface area contributed by atoms with Gasteiger partial charge in [-0.25, -0.2) is 4.39 Å². The van der Waals surface area contributed by atoms with Gasteiger partial charge in [-0.1, -0.05) is 30.3 Å². The van der Waals surface area contributed by atoms with Gasteiger partial charge in [-0.2, -0.15) is 5.10 Å². The highest BCUT2D eigenvalue weighted by Crippen LogP contribution is 2.23. The number of nitrogens with two attached hydrogens (primary N) is 1.